The van der Waals surface area contributed by atoms with E-state index in [2.05, 4.69) is 29.6 Å². The number of rotatable bonds is 8. The SMILES string of the molecule is COc1ccc(CCN[C@@H]2CCc3c(c(C(=O)N(C)C)nn3Cc3ccccc3)C2)cc1. The van der Waals surface area contributed by atoms with Crippen molar-refractivity contribution in [3.8, 4) is 5.75 Å². The Hall–Kier alpha value is -3.12. The lowest BCUT2D eigenvalue weighted by Gasteiger charge is -2.25. The van der Waals surface area contributed by atoms with Crippen LogP contribution in [0.25, 0.3) is 0 Å². The molecule has 1 aliphatic carbocycles. The summed E-state index contributed by atoms with van der Waals surface area (Å²) in [6, 6.07) is 18.9. The van der Waals surface area contributed by atoms with Crippen LogP contribution in [-0.2, 0) is 25.8 Å². The molecule has 1 heterocycles. The van der Waals surface area contributed by atoms with E-state index in [1.54, 1.807) is 26.1 Å². The third kappa shape index (κ3) is 5.02. The van der Waals surface area contributed by atoms with Crippen molar-refractivity contribution in [1.29, 1.82) is 0 Å². The fourth-order valence-electron chi connectivity index (χ4n) is 4.35. The summed E-state index contributed by atoms with van der Waals surface area (Å²) in [5.74, 6) is 0.860. The van der Waals surface area contributed by atoms with E-state index >= 15 is 0 Å². The maximum Gasteiger partial charge on any atom is 0.274 e. The number of amides is 1. The van der Waals surface area contributed by atoms with Crippen LogP contribution in [0.5, 0.6) is 5.75 Å². The van der Waals surface area contributed by atoms with Gasteiger partial charge in [-0.25, -0.2) is 0 Å². The topological polar surface area (TPSA) is 59.4 Å². The Labute approximate surface area is 190 Å². The van der Waals surface area contributed by atoms with Crippen LogP contribution in [-0.4, -0.2) is 54.4 Å². The second kappa shape index (κ2) is 10.0. The monoisotopic (exact) mass is 432 g/mol. The summed E-state index contributed by atoms with van der Waals surface area (Å²) >= 11 is 0. The van der Waals surface area contributed by atoms with Gasteiger partial charge in [0.1, 0.15) is 5.75 Å². The summed E-state index contributed by atoms with van der Waals surface area (Å²) in [6.45, 7) is 1.60. The molecule has 1 N–H and O–H groups in total. The first kappa shape index (κ1) is 22.1. The molecule has 1 aromatic heterocycles. The van der Waals surface area contributed by atoms with Gasteiger partial charge in [0.15, 0.2) is 5.69 Å². The number of carbonyl (C=O) groups excluding carboxylic acids is 1. The van der Waals surface area contributed by atoms with Crippen LogP contribution < -0.4 is 10.1 Å². The fourth-order valence-corrected chi connectivity index (χ4v) is 4.35. The number of hydrogen-bond acceptors (Lipinski definition) is 4. The molecule has 0 saturated carbocycles. The summed E-state index contributed by atoms with van der Waals surface area (Å²) < 4.78 is 7.27. The molecule has 1 amide bonds. The van der Waals surface area contributed by atoms with E-state index in [4.69, 9.17) is 9.84 Å². The first-order chi connectivity index (χ1) is 15.5. The molecule has 4 rings (SSSR count). The van der Waals surface area contributed by atoms with E-state index in [9.17, 15) is 4.79 Å². The summed E-state index contributed by atoms with van der Waals surface area (Å²) in [5.41, 5.74) is 5.39. The highest BCUT2D eigenvalue weighted by atomic mass is 16.5. The van der Waals surface area contributed by atoms with Crippen LogP contribution in [0, 0.1) is 0 Å². The Bertz CT molecular complexity index is 1040. The minimum absolute atomic E-state index is 0.0213. The molecule has 0 aliphatic heterocycles. The number of ether oxygens (including phenoxy) is 1. The molecule has 1 atom stereocenters. The molecule has 1 aliphatic rings. The lowest BCUT2D eigenvalue weighted by Crippen LogP contribution is -2.36. The van der Waals surface area contributed by atoms with Crippen LogP contribution >= 0.6 is 0 Å². The zero-order valence-electron chi connectivity index (χ0n) is 19.2. The van der Waals surface area contributed by atoms with E-state index < -0.39 is 0 Å². The van der Waals surface area contributed by atoms with Crippen LogP contribution in [0.15, 0.2) is 54.6 Å². The van der Waals surface area contributed by atoms with Crippen molar-refractivity contribution in [2.24, 2.45) is 0 Å². The number of nitrogens with zero attached hydrogens (tertiary/aromatic N) is 3. The number of carbonyl (C=O) groups is 1. The summed E-state index contributed by atoms with van der Waals surface area (Å²) in [5, 5.41) is 8.47. The standard InChI is InChI=1S/C26H32N4O2/c1-29(2)26(31)25-23-17-21(27-16-15-19-9-12-22(32-3)13-10-19)11-14-24(23)30(28-25)18-20-7-5-4-6-8-20/h4-10,12-13,21,27H,11,14-18H2,1-3H3/t21-/m1/s1. The predicted octanol–water partition coefficient (Wildman–Crippen LogP) is 3.33. The third-order valence-electron chi connectivity index (χ3n) is 6.14. The van der Waals surface area contributed by atoms with Gasteiger partial charge in [-0.3, -0.25) is 9.48 Å². The van der Waals surface area contributed by atoms with Crippen molar-refractivity contribution >= 4 is 5.91 Å². The molecule has 0 saturated heterocycles. The predicted molar refractivity (Wildman–Crippen MR) is 126 cm³/mol. The lowest BCUT2D eigenvalue weighted by molar-refractivity contribution is 0.0820. The van der Waals surface area contributed by atoms with Gasteiger partial charge in [-0.15, -0.1) is 0 Å². The average Bonchev–Trinajstić information content (AvgIpc) is 3.17. The van der Waals surface area contributed by atoms with E-state index in [-0.39, 0.29) is 5.91 Å². The molecule has 168 valence electrons. The second-order valence-corrected chi connectivity index (χ2v) is 8.61. The molecule has 0 bridgehead atoms. The molecule has 0 unspecified atom stereocenters. The van der Waals surface area contributed by atoms with Crippen molar-refractivity contribution in [3.63, 3.8) is 0 Å². The summed E-state index contributed by atoms with van der Waals surface area (Å²) in [6.07, 6.45) is 3.77. The highest BCUT2D eigenvalue weighted by molar-refractivity contribution is 5.93. The molecule has 32 heavy (non-hydrogen) atoms. The molecular weight excluding hydrogens is 400 g/mol. The minimum Gasteiger partial charge on any atom is -0.497 e. The minimum atomic E-state index is -0.0213. The van der Waals surface area contributed by atoms with Crippen LogP contribution in [0.4, 0.5) is 0 Å². The smallest absolute Gasteiger partial charge is 0.274 e. The molecule has 6 nitrogen and oxygen atoms in total. The van der Waals surface area contributed by atoms with Gasteiger partial charge in [0.25, 0.3) is 5.91 Å². The van der Waals surface area contributed by atoms with Gasteiger partial charge >= 0.3 is 0 Å². The van der Waals surface area contributed by atoms with Crippen LogP contribution in [0.3, 0.4) is 0 Å². The Balaban J connectivity index is 1.46. The quantitative estimate of drug-likeness (QED) is 0.593. The Morgan fingerprint density at radius 1 is 1.12 bits per heavy atom. The van der Waals surface area contributed by atoms with Crippen molar-refractivity contribution in [1.82, 2.24) is 20.0 Å². The number of fused-ring (bicyclic) bond motifs is 1. The van der Waals surface area contributed by atoms with Gasteiger partial charge in [-0.1, -0.05) is 42.5 Å². The lowest BCUT2D eigenvalue weighted by atomic mass is 9.91. The maximum atomic E-state index is 12.9. The van der Waals surface area contributed by atoms with Gasteiger partial charge in [-0.05, 0) is 55.5 Å². The van der Waals surface area contributed by atoms with Crippen molar-refractivity contribution < 1.29 is 9.53 Å². The summed E-state index contributed by atoms with van der Waals surface area (Å²) in [4.78, 5) is 14.5. The molecule has 0 fully saturated rings. The number of aromatic nitrogens is 2. The number of hydrogen-bond donors (Lipinski definition) is 1. The third-order valence-corrected chi connectivity index (χ3v) is 6.14. The van der Waals surface area contributed by atoms with E-state index in [1.165, 1.54) is 16.8 Å². The Morgan fingerprint density at radius 3 is 2.56 bits per heavy atom. The van der Waals surface area contributed by atoms with Crippen molar-refractivity contribution in [2.45, 2.75) is 38.3 Å². The second-order valence-electron chi connectivity index (χ2n) is 8.61. The van der Waals surface area contributed by atoms with Crippen LogP contribution in [0.1, 0.15) is 39.3 Å². The summed E-state index contributed by atoms with van der Waals surface area (Å²) in [7, 11) is 5.27. The first-order valence-electron chi connectivity index (χ1n) is 11.3. The Kier molecular flexibility index (Phi) is 6.90. The molecule has 6 heteroatoms. The maximum absolute atomic E-state index is 12.9. The number of nitrogens with one attached hydrogen (secondary N) is 1. The van der Waals surface area contributed by atoms with E-state index in [0.717, 1.165) is 43.5 Å². The van der Waals surface area contributed by atoms with Gasteiger partial charge in [-0.2, -0.15) is 5.10 Å². The molecule has 0 radical (unpaired) electrons. The number of benzene rings is 2. The van der Waals surface area contributed by atoms with Gasteiger partial charge in [0.05, 0.1) is 13.7 Å². The zero-order valence-corrected chi connectivity index (χ0v) is 19.2. The van der Waals surface area contributed by atoms with Crippen molar-refractivity contribution in [2.75, 3.05) is 27.7 Å². The molecule has 2 aromatic carbocycles. The van der Waals surface area contributed by atoms with Gasteiger partial charge in [0, 0.05) is 31.4 Å². The molecular formula is C26H32N4O2. The normalized spacial score (nSPS) is 15.3. The molecule has 0 spiro atoms. The van der Waals surface area contributed by atoms with Crippen molar-refractivity contribution in [3.05, 3.63) is 82.7 Å². The van der Waals surface area contributed by atoms with E-state index in [1.807, 2.05) is 35.0 Å². The van der Waals surface area contributed by atoms with Gasteiger partial charge < -0.3 is 15.0 Å². The Morgan fingerprint density at radius 2 is 1.88 bits per heavy atom. The van der Waals surface area contributed by atoms with E-state index in [0.29, 0.717) is 18.3 Å². The zero-order chi connectivity index (χ0) is 22.5. The number of methoxy groups -OCH3 is 1. The highest BCUT2D eigenvalue weighted by Crippen LogP contribution is 2.26. The fraction of sp³-hybridized carbons (Fsp3) is 0.385. The van der Waals surface area contributed by atoms with Gasteiger partial charge in [0.2, 0.25) is 0 Å². The average molecular weight is 433 g/mol. The molecule has 3 aromatic rings. The first-order valence-corrected chi connectivity index (χ1v) is 11.3. The highest BCUT2D eigenvalue weighted by Gasteiger charge is 2.29. The largest absolute Gasteiger partial charge is 0.497 e. The van der Waals surface area contributed by atoms with Crippen LogP contribution in [0.2, 0.25) is 0 Å².